The summed E-state index contributed by atoms with van der Waals surface area (Å²) in [5.41, 5.74) is -0.165. The molecular weight excluding hydrogens is 195 g/mol. The van der Waals surface area contributed by atoms with E-state index in [1.165, 1.54) is 0 Å². The molecule has 0 fully saturated rings. The van der Waals surface area contributed by atoms with E-state index in [9.17, 15) is 4.79 Å². The molecule has 0 aromatic rings. The zero-order valence-electron chi connectivity index (χ0n) is 10.3. The minimum Gasteiger partial charge on any atom is -0.354 e. The predicted octanol–water partition coefficient (Wildman–Crippen LogP) is 3.44. The molecule has 0 amide bonds. The number of hydrogen-bond donors (Lipinski definition) is 0. The maximum absolute atomic E-state index is 11.1. The van der Waals surface area contributed by atoms with E-state index >= 15 is 0 Å². The van der Waals surface area contributed by atoms with Gasteiger partial charge in [-0.15, -0.1) is 0 Å². The first kappa shape index (κ1) is 14.1. The number of rotatable bonds is 6. The maximum Gasteiger partial charge on any atom is 0.132 e. The Hall–Kier alpha value is 0.0600. The first-order valence-corrected chi connectivity index (χ1v) is 7.08. The molecule has 2 unspecified atom stereocenters. The zero-order chi connectivity index (χ0) is 11.4. The van der Waals surface area contributed by atoms with Crippen LogP contribution in [0.1, 0.15) is 41.0 Å². The molecule has 84 valence electrons. The normalized spacial score (nSPS) is 16.4. The number of carbonyl (C=O) groups excluding carboxylic acids is 1. The first-order chi connectivity index (χ1) is 6.28. The van der Waals surface area contributed by atoms with Crippen molar-refractivity contribution < 1.29 is 9.32 Å². The van der Waals surface area contributed by atoms with Crippen molar-refractivity contribution in [2.45, 2.75) is 46.6 Å². The molecule has 0 aromatic heterocycles. The van der Waals surface area contributed by atoms with Crippen LogP contribution in [0.3, 0.4) is 0 Å². The Bertz CT molecular complexity index is 190. The Morgan fingerprint density at radius 2 is 2.00 bits per heavy atom. The van der Waals surface area contributed by atoms with Crippen LogP contribution in [0.25, 0.3) is 0 Å². The van der Waals surface area contributed by atoms with E-state index in [4.69, 9.17) is 4.52 Å². The van der Waals surface area contributed by atoms with Crippen LogP contribution in [-0.4, -0.2) is 24.2 Å². The van der Waals surface area contributed by atoms with Crippen molar-refractivity contribution in [3.05, 3.63) is 0 Å². The Balaban J connectivity index is 4.12. The second-order valence-corrected chi connectivity index (χ2v) is 6.58. The summed E-state index contributed by atoms with van der Waals surface area (Å²) >= 11 is 0. The van der Waals surface area contributed by atoms with E-state index in [2.05, 4.69) is 27.4 Å². The number of ketones is 1. The van der Waals surface area contributed by atoms with Crippen molar-refractivity contribution in [1.82, 2.24) is 0 Å². The van der Waals surface area contributed by atoms with E-state index in [0.717, 1.165) is 12.6 Å². The highest BCUT2D eigenvalue weighted by atomic mass is 31.1. The van der Waals surface area contributed by atoms with Gasteiger partial charge in [-0.2, -0.15) is 0 Å². The van der Waals surface area contributed by atoms with Gasteiger partial charge in [0.05, 0.1) is 5.60 Å². The van der Waals surface area contributed by atoms with Crippen LogP contribution < -0.4 is 0 Å². The van der Waals surface area contributed by atoms with Gasteiger partial charge < -0.3 is 4.52 Å². The van der Waals surface area contributed by atoms with Crippen LogP contribution in [0.5, 0.6) is 0 Å². The molecule has 0 N–H and O–H groups in total. The van der Waals surface area contributed by atoms with Crippen LogP contribution >= 0.6 is 8.15 Å². The minimum atomic E-state index is -0.328. The highest BCUT2D eigenvalue weighted by molar-refractivity contribution is 7.51. The summed E-state index contributed by atoms with van der Waals surface area (Å²) in [5.74, 6) is 0.351. The van der Waals surface area contributed by atoms with Gasteiger partial charge in [-0.25, -0.2) is 0 Å². The topological polar surface area (TPSA) is 26.3 Å². The van der Waals surface area contributed by atoms with Crippen LogP contribution in [0.15, 0.2) is 0 Å². The molecule has 0 aromatic carbocycles. The lowest BCUT2D eigenvalue weighted by Crippen LogP contribution is -2.27. The lowest BCUT2D eigenvalue weighted by atomic mass is 9.92. The lowest BCUT2D eigenvalue weighted by molar-refractivity contribution is -0.121. The third-order valence-electron chi connectivity index (χ3n) is 2.34. The molecule has 0 aliphatic heterocycles. The fourth-order valence-corrected chi connectivity index (χ4v) is 2.45. The molecule has 0 aliphatic carbocycles. The molecule has 0 heterocycles. The van der Waals surface area contributed by atoms with Crippen molar-refractivity contribution in [2.75, 3.05) is 12.8 Å². The predicted molar refractivity (Wildman–Crippen MR) is 63.0 cm³/mol. The molecule has 0 rings (SSSR count). The molecule has 0 aliphatic rings. The van der Waals surface area contributed by atoms with Gasteiger partial charge in [0, 0.05) is 14.1 Å². The summed E-state index contributed by atoms with van der Waals surface area (Å²) in [6.07, 6.45) is 1.89. The molecule has 0 saturated carbocycles. The standard InChI is InChI=1S/C11H23O2P/c1-7-14(6)13-11(4,5)8-9(2)10(3)12/h9H,7-8H2,1-6H3. The summed E-state index contributed by atoms with van der Waals surface area (Å²) in [6.45, 7) is 12.0. The molecule has 0 saturated heterocycles. The second-order valence-electron chi connectivity index (χ2n) is 4.51. The Morgan fingerprint density at radius 3 is 2.36 bits per heavy atom. The zero-order valence-corrected chi connectivity index (χ0v) is 11.1. The van der Waals surface area contributed by atoms with Gasteiger partial charge in [0.2, 0.25) is 0 Å². The van der Waals surface area contributed by atoms with Gasteiger partial charge in [-0.3, -0.25) is 4.79 Å². The summed E-state index contributed by atoms with van der Waals surface area (Å²) in [5, 5.41) is 0. The fraction of sp³-hybridized carbons (Fsp3) is 0.909. The van der Waals surface area contributed by atoms with E-state index in [1.54, 1.807) is 6.92 Å². The smallest absolute Gasteiger partial charge is 0.132 e. The quantitative estimate of drug-likeness (QED) is 0.638. The summed E-state index contributed by atoms with van der Waals surface area (Å²) in [6, 6.07) is 0. The van der Waals surface area contributed by atoms with Gasteiger partial charge in [-0.1, -0.05) is 13.8 Å². The summed E-state index contributed by atoms with van der Waals surface area (Å²) in [7, 11) is -0.328. The van der Waals surface area contributed by atoms with Crippen LogP contribution in [0, 0.1) is 5.92 Å². The number of carbonyl (C=O) groups is 1. The lowest BCUT2D eigenvalue weighted by Gasteiger charge is -2.30. The third-order valence-corrected chi connectivity index (χ3v) is 4.04. The van der Waals surface area contributed by atoms with E-state index in [0.29, 0.717) is 0 Å². The van der Waals surface area contributed by atoms with Crippen LogP contribution in [0.2, 0.25) is 0 Å². The Kier molecular flexibility index (Phi) is 5.85. The van der Waals surface area contributed by atoms with Crippen molar-refractivity contribution in [3.8, 4) is 0 Å². The number of hydrogen-bond acceptors (Lipinski definition) is 2. The molecule has 0 bridgehead atoms. The SMILES string of the molecule is CCP(C)OC(C)(C)CC(C)C(C)=O. The average molecular weight is 218 g/mol. The maximum atomic E-state index is 11.1. The highest BCUT2D eigenvalue weighted by Crippen LogP contribution is 2.39. The second kappa shape index (κ2) is 5.82. The monoisotopic (exact) mass is 218 g/mol. The molecule has 2 atom stereocenters. The fourth-order valence-electron chi connectivity index (χ4n) is 1.40. The molecule has 2 nitrogen and oxygen atoms in total. The van der Waals surface area contributed by atoms with Gasteiger partial charge in [0.1, 0.15) is 5.78 Å². The minimum absolute atomic E-state index is 0.102. The van der Waals surface area contributed by atoms with Crippen LogP contribution in [-0.2, 0) is 9.32 Å². The molecule has 3 heteroatoms. The molecule has 14 heavy (non-hydrogen) atoms. The van der Waals surface area contributed by atoms with Crippen molar-refractivity contribution in [1.29, 1.82) is 0 Å². The third kappa shape index (κ3) is 5.72. The van der Waals surface area contributed by atoms with Crippen molar-refractivity contribution in [3.63, 3.8) is 0 Å². The largest absolute Gasteiger partial charge is 0.354 e. The van der Waals surface area contributed by atoms with Crippen molar-refractivity contribution in [2.24, 2.45) is 5.92 Å². The Labute approximate surface area is 89.3 Å². The molecule has 0 radical (unpaired) electrons. The first-order valence-electron chi connectivity index (χ1n) is 5.19. The average Bonchev–Trinajstić information content (AvgIpc) is 2.02. The van der Waals surface area contributed by atoms with E-state index < -0.39 is 0 Å². The summed E-state index contributed by atoms with van der Waals surface area (Å²) < 4.78 is 5.92. The highest BCUT2D eigenvalue weighted by Gasteiger charge is 2.25. The van der Waals surface area contributed by atoms with Gasteiger partial charge in [0.25, 0.3) is 0 Å². The summed E-state index contributed by atoms with van der Waals surface area (Å²) in [4.78, 5) is 11.1. The van der Waals surface area contributed by atoms with Gasteiger partial charge >= 0.3 is 0 Å². The van der Waals surface area contributed by atoms with Crippen molar-refractivity contribution >= 4 is 13.9 Å². The van der Waals surface area contributed by atoms with E-state index in [-0.39, 0.29) is 25.5 Å². The molecule has 0 spiro atoms. The van der Waals surface area contributed by atoms with E-state index in [1.807, 2.05) is 6.92 Å². The number of Topliss-reactive ketones (excluding diaryl/α,β-unsaturated/α-hetero) is 1. The Morgan fingerprint density at radius 1 is 1.50 bits per heavy atom. The molecular formula is C11H23O2P. The van der Waals surface area contributed by atoms with Crippen LogP contribution in [0.4, 0.5) is 0 Å². The van der Waals surface area contributed by atoms with Gasteiger partial charge in [0.15, 0.2) is 0 Å². The van der Waals surface area contributed by atoms with Gasteiger partial charge in [-0.05, 0) is 40.0 Å².